The second-order valence-corrected chi connectivity index (χ2v) is 18.6. The number of amides is 2. The van der Waals surface area contributed by atoms with Crippen molar-refractivity contribution in [1.82, 2.24) is 58.5 Å². The van der Waals surface area contributed by atoms with Crippen LogP contribution in [-0.4, -0.2) is 89.9 Å². The van der Waals surface area contributed by atoms with Crippen LogP contribution in [0, 0.1) is 12.8 Å². The predicted octanol–water partition coefficient (Wildman–Crippen LogP) is 6.04. The zero-order chi connectivity index (χ0) is 48.5. The number of anilines is 2. The highest BCUT2D eigenvalue weighted by Crippen LogP contribution is 2.52. The van der Waals surface area contributed by atoms with Gasteiger partial charge in [0.15, 0.2) is 27.7 Å². The van der Waals surface area contributed by atoms with Crippen molar-refractivity contribution < 1.29 is 52.8 Å². The van der Waals surface area contributed by atoms with Crippen molar-refractivity contribution >= 4 is 77.6 Å². The standard InChI is InChI=1S/C40H26ClF6N13O6S2/c1-20-8-9-30(49-15-20)68(65,66)57-36(62)22-5-3-7-24(13-22)59-32-27(16-50-37(55-32)40(45,46)47)54-38(59)60(28-14-25(28)39(42,43)44)34-31-33(51-18-52-34)58(19-53-31)23-6-2-4-21(12-23)35(61)56-67(63,64)29-17-48-11-10-26(29)41/h2-13,15-19,25,28H,14H2,1H3,(H,56,61)(H,57,62). The number of pyridine rings is 2. The van der Waals surface area contributed by atoms with Crippen LogP contribution in [0.15, 0.2) is 114 Å². The molecule has 2 aromatic carbocycles. The summed E-state index contributed by atoms with van der Waals surface area (Å²) in [7, 11) is -9.06. The molecule has 1 aliphatic carbocycles. The minimum atomic E-state index is -5.12. The Bertz CT molecular complexity index is 3580. The van der Waals surface area contributed by atoms with Gasteiger partial charge in [-0.25, -0.2) is 52.7 Å². The van der Waals surface area contributed by atoms with Gasteiger partial charge in [0.2, 0.25) is 11.8 Å². The summed E-state index contributed by atoms with van der Waals surface area (Å²) in [5.41, 5.74) is -1.13. The first-order chi connectivity index (χ1) is 32.1. The number of benzene rings is 2. The Kier molecular flexibility index (Phi) is 11.1. The molecule has 0 bridgehead atoms. The van der Waals surface area contributed by atoms with E-state index < -0.39 is 89.9 Å². The third-order valence-electron chi connectivity index (χ3n) is 10.3. The highest BCUT2D eigenvalue weighted by molar-refractivity contribution is 7.90. The second kappa shape index (κ2) is 16.6. The van der Waals surface area contributed by atoms with Crippen molar-refractivity contribution in [3.63, 3.8) is 0 Å². The number of halogens is 7. The summed E-state index contributed by atoms with van der Waals surface area (Å²) in [5.74, 6) is -6.79. The number of aryl methyl sites for hydroxylation is 1. The van der Waals surface area contributed by atoms with E-state index in [-0.39, 0.29) is 50.0 Å². The first-order valence-corrected chi connectivity index (χ1v) is 22.7. The molecule has 8 aromatic rings. The molecule has 2 amide bonds. The number of carbonyl (C=O) groups is 2. The highest BCUT2D eigenvalue weighted by atomic mass is 35.5. The maximum Gasteiger partial charge on any atom is 0.451 e. The lowest BCUT2D eigenvalue weighted by Crippen LogP contribution is -2.31. The molecule has 348 valence electrons. The molecule has 28 heteroatoms. The maximum atomic E-state index is 14.5. The number of hydrogen-bond donors (Lipinski definition) is 2. The van der Waals surface area contributed by atoms with Crippen molar-refractivity contribution in [2.75, 3.05) is 4.90 Å². The monoisotopic (exact) mass is 997 g/mol. The molecule has 1 saturated carbocycles. The van der Waals surface area contributed by atoms with Crippen LogP contribution in [0.4, 0.5) is 38.1 Å². The molecule has 2 atom stereocenters. The molecule has 6 heterocycles. The molecule has 2 N–H and O–H groups in total. The minimum Gasteiger partial charge on any atom is -0.290 e. The summed E-state index contributed by atoms with van der Waals surface area (Å²) in [6.07, 6.45) is -4.17. The van der Waals surface area contributed by atoms with Gasteiger partial charge in [0, 0.05) is 35.4 Å². The van der Waals surface area contributed by atoms with Crippen molar-refractivity contribution in [3.05, 3.63) is 132 Å². The van der Waals surface area contributed by atoms with Gasteiger partial charge < -0.3 is 0 Å². The third kappa shape index (κ3) is 8.60. The Labute approximate surface area is 383 Å². The summed E-state index contributed by atoms with van der Waals surface area (Å²) in [6.45, 7) is 1.66. The number of aromatic nitrogens is 10. The molecular formula is C40H26ClF6N13O6S2. The Balaban J connectivity index is 1.16. The van der Waals surface area contributed by atoms with Gasteiger partial charge in [0.25, 0.3) is 31.9 Å². The number of nitrogens with zero attached hydrogens (tertiary/aromatic N) is 11. The number of alkyl halides is 6. The first-order valence-electron chi connectivity index (χ1n) is 19.3. The SMILES string of the molecule is Cc1ccc(S(=O)(=O)NC(=O)c2cccc(-n3c(N(c4ncnc5c4ncn5-c4cccc(C(=O)NS(=O)(=O)c5cnccc5Cl)c4)C4CC4C(F)(F)F)nc4cnc(C(F)(F)F)nc43)c2)nc1. The van der Waals surface area contributed by atoms with E-state index in [0.29, 0.717) is 11.8 Å². The smallest absolute Gasteiger partial charge is 0.290 e. The van der Waals surface area contributed by atoms with Crippen LogP contribution in [0.3, 0.4) is 0 Å². The largest absolute Gasteiger partial charge is 0.451 e. The Hall–Kier alpha value is -7.65. The lowest BCUT2D eigenvalue weighted by atomic mass is 10.2. The van der Waals surface area contributed by atoms with Gasteiger partial charge in [-0.1, -0.05) is 29.8 Å². The molecule has 0 aliphatic heterocycles. The highest BCUT2D eigenvalue weighted by Gasteiger charge is 2.60. The summed E-state index contributed by atoms with van der Waals surface area (Å²) in [6, 6.07) is 12.5. The van der Waals surface area contributed by atoms with E-state index in [4.69, 9.17) is 11.6 Å². The number of carbonyl (C=O) groups excluding carboxylic acids is 2. The van der Waals surface area contributed by atoms with Gasteiger partial charge in [-0.05, 0) is 67.4 Å². The molecule has 6 aromatic heterocycles. The van der Waals surface area contributed by atoms with Gasteiger partial charge in [0.1, 0.15) is 23.1 Å². The maximum absolute atomic E-state index is 14.5. The molecule has 1 aliphatic rings. The fourth-order valence-corrected chi connectivity index (χ4v) is 9.34. The quantitative estimate of drug-likeness (QED) is 0.140. The molecule has 2 unspecified atom stereocenters. The topological polar surface area (TPSA) is 243 Å². The zero-order valence-corrected chi connectivity index (χ0v) is 36.4. The van der Waals surface area contributed by atoms with Crippen LogP contribution < -0.4 is 14.3 Å². The van der Waals surface area contributed by atoms with E-state index >= 15 is 0 Å². The van der Waals surface area contributed by atoms with E-state index in [9.17, 15) is 52.8 Å². The molecular weight excluding hydrogens is 972 g/mol. The molecule has 1 fully saturated rings. The van der Waals surface area contributed by atoms with Gasteiger partial charge in [0.05, 0.1) is 28.9 Å². The number of sulfonamides is 2. The van der Waals surface area contributed by atoms with Crippen LogP contribution in [0.25, 0.3) is 33.7 Å². The average Bonchev–Trinajstić information content (AvgIpc) is 3.83. The van der Waals surface area contributed by atoms with Crippen LogP contribution >= 0.6 is 11.6 Å². The average molecular weight is 998 g/mol. The lowest BCUT2D eigenvalue weighted by Gasteiger charge is -2.25. The number of fused-ring (bicyclic) bond motifs is 2. The van der Waals surface area contributed by atoms with Crippen molar-refractivity contribution in [2.45, 2.75) is 41.7 Å². The summed E-state index contributed by atoms with van der Waals surface area (Å²) < 4.78 is 144. The van der Waals surface area contributed by atoms with E-state index in [0.717, 1.165) is 34.1 Å². The summed E-state index contributed by atoms with van der Waals surface area (Å²) in [4.78, 5) is 59.3. The molecule has 0 saturated heterocycles. The van der Waals surface area contributed by atoms with Crippen molar-refractivity contribution in [2.24, 2.45) is 5.92 Å². The fraction of sp³-hybridized carbons (Fsp3) is 0.150. The van der Waals surface area contributed by atoms with E-state index in [1.165, 1.54) is 77.9 Å². The fourth-order valence-electron chi connectivity index (χ4n) is 7.03. The van der Waals surface area contributed by atoms with E-state index in [2.05, 4.69) is 39.9 Å². The second-order valence-electron chi connectivity index (χ2n) is 14.9. The predicted molar refractivity (Wildman–Crippen MR) is 226 cm³/mol. The van der Waals surface area contributed by atoms with Gasteiger partial charge >= 0.3 is 12.4 Å². The molecule has 9 rings (SSSR count). The van der Waals surface area contributed by atoms with Crippen LogP contribution in [-0.2, 0) is 26.2 Å². The summed E-state index contributed by atoms with van der Waals surface area (Å²) >= 11 is 6.02. The molecule has 19 nitrogen and oxygen atoms in total. The van der Waals surface area contributed by atoms with Crippen LogP contribution in [0.5, 0.6) is 0 Å². The normalized spacial score (nSPS) is 15.4. The van der Waals surface area contributed by atoms with Crippen LogP contribution in [0.2, 0.25) is 5.02 Å². The zero-order valence-electron chi connectivity index (χ0n) is 34.0. The third-order valence-corrected chi connectivity index (χ3v) is 13.3. The first kappa shape index (κ1) is 45.5. The molecule has 0 radical (unpaired) electrons. The van der Waals surface area contributed by atoms with Gasteiger partial charge in [-0.2, -0.15) is 34.8 Å². The van der Waals surface area contributed by atoms with Gasteiger partial charge in [-0.3, -0.25) is 28.6 Å². The van der Waals surface area contributed by atoms with Crippen LogP contribution in [0.1, 0.15) is 38.5 Å². The Morgan fingerprint density at radius 3 is 2.12 bits per heavy atom. The summed E-state index contributed by atoms with van der Waals surface area (Å²) in [5, 5.41) is -0.701. The van der Waals surface area contributed by atoms with Crippen molar-refractivity contribution in [3.8, 4) is 11.4 Å². The molecule has 68 heavy (non-hydrogen) atoms. The van der Waals surface area contributed by atoms with E-state index in [1.54, 1.807) is 6.92 Å². The number of rotatable bonds is 11. The Morgan fingerprint density at radius 1 is 0.779 bits per heavy atom. The molecule has 0 spiro atoms. The van der Waals surface area contributed by atoms with Gasteiger partial charge in [-0.15, -0.1) is 0 Å². The van der Waals surface area contributed by atoms with Crippen molar-refractivity contribution in [1.29, 1.82) is 0 Å². The minimum absolute atomic E-state index is 0.0683. The lowest BCUT2D eigenvalue weighted by molar-refractivity contribution is -0.148. The number of imidazole rings is 2. The number of hydrogen-bond acceptors (Lipinski definition) is 15. The van der Waals surface area contributed by atoms with E-state index in [1.807, 2.05) is 9.44 Å². The number of nitrogens with one attached hydrogen (secondary N) is 2. The Morgan fingerprint density at radius 2 is 1.47 bits per heavy atom.